The van der Waals surface area contributed by atoms with E-state index in [1.165, 1.54) is 30.3 Å². The largest absolute Gasteiger partial charge is 0.457 e. The van der Waals surface area contributed by atoms with Gasteiger partial charge in [0, 0.05) is 17.2 Å². The van der Waals surface area contributed by atoms with Crippen molar-refractivity contribution in [2.45, 2.75) is 13.3 Å². The van der Waals surface area contributed by atoms with Gasteiger partial charge in [-0.3, -0.25) is 19.7 Å². The number of benzene rings is 2. The van der Waals surface area contributed by atoms with Crippen LogP contribution in [0.25, 0.3) is 0 Å². The maximum absolute atomic E-state index is 13.0. The predicted octanol–water partition coefficient (Wildman–Crippen LogP) is 3.01. The van der Waals surface area contributed by atoms with Gasteiger partial charge in [0.25, 0.3) is 5.69 Å². The van der Waals surface area contributed by atoms with E-state index in [1.54, 1.807) is 13.0 Å². The first-order valence-corrected chi connectivity index (χ1v) is 7.05. The molecule has 2 aromatic carbocycles. The Morgan fingerprint density at radius 1 is 1.21 bits per heavy atom. The smallest absolute Gasteiger partial charge is 0.310 e. The summed E-state index contributed by atoms with van der Waals surface area (Å²) in [5.41, 5.74) is 0.774. The van der Waals surface area contributed by atoms with Crippen molar-refractivity contribution in [1.82, 2.24) is 0 Å². The van der Waals surface area contributed by atoms with Gasteiger partial charge in [-0.25, -0.2) is 4.39 Å². The molecule has 0 saturated carbocycles. The van der Waals surface area contributed by atoms with Crippen molar-refractivity contribution in [3.63, 3.8) is 0 Å². The summed E-state index contributed by atoms with van der Waals surface area (Å²) in [7, 11) is 0. The second-order valence-corrected chi connectivity index (χ2v) is 5.15. The van der Waals surface area contributed by atoms with Crippen molar-refractivity contribution < 1.29 is 23.6 Å². The Morgan fingerprint density at radius 2 is 1.96 bits per heavy atom. The normalized spacial score (nSPS) is 10.2. The third kappa shape index (κ3) is 4.45. The zero-order chi connectivity index (χ0) is 17.7. The fourth-order valence-corrected chi connectivity index (χ4v) is 2.07. The molecule has 0 saturated heterocycles. The molecule has 0 aromatic heterocycles. The van der Waals surface area contributed by atoms with E-state index < -0.39 is 29.1 Å². The first kappa shape index (κ1) is 17.3. The van der Waals surface area contributed by atoms with Crippen molar-refractivity contribution in [3.05, 3.63) is 75.1 Å². The lowest BCUT2D eigenvalue weighted by atomic mass is 10.1. The lowest BCUT2D eigenvalue weighted by molar-refractivity contribution is -0.385. The van der Waals surface area contributed by atoms with Crippen LogP contribution in [-0.4, -0.2) is 23.3 Å². The van der Waals surface area contributed by atoms with Gasteiger partial charge in [0.2, 0.25) is 5.78 Å². The molecule has 0 bridgehead atoms. The Hall–Kier alpha value is -3.09. The first-order chi connectivity index (χ1) is 11.4. The number of rotatable bonds is 6. The van der Waals surface area contributed by atoms with E-state index in [1.807, 2.05) is 0 Å². The molecule has 0 fully saturated rings. The van der Waals surface area contributed by atoms with Crippen LogP contribution in [0.15, 0.2) is 42.5 Å². The summed E-state index contributed by atoms with van der Waals surface area (Å²) in [5.74, 6) is -1.70. The maximum atomic E-state index is 13.0. The summed E-state index contributed by atoms with van der Waals surface area (Å²) in [6.45, 7) is 1.03. The number of ketones is 1. The average molecular weight is 331 g/mol. The van der Waals surface area contributed by atoms with Gasteiger partial charge in [0.15, 0.2) is 6.61 Å². The van der Waals surface area contributed by atoms with Gasteiger partial charge >= 0.3 is 5.97 Å². The van der Waals surface area contributed by atoms with Crippen LogP contribution in [0.3, 0.4) is 0 Å². The van der Waals surface area contributed by atoms with Gasteiger partial charge in [0.05, 0.1) is 11.3 Å². The van der Waals surface area contributed by atoms with Crippen molar-refractivity contribution in [2.24, 2.45) is 0 Å². The lowest BCUT2D eigenvalue weighted by Crippen LogP contribution is -2.16. The fourth-order valence-electron chi connectivity index (χ4n) is 2.07. The molecule has 2 rings (SSSR count). The van der Waals surface area contributed by atoms with Crippen LogP contribution in [0.1, 0.15) is 21.5 Å². The molecule has 0 atom stereocenters. The molecule has 0 unspecified atom stereocenters. The first-order valence-electron chi connectivity index (χ1n) is 7.05. The average Bonchev–Trinajstić information content (AvgIpc) is 2.52. The van der Waals surface area contributed by atoms with Crippen LogP contribution in [0.2, 0.25) is 0 Å². The molecule has 0 heterocycles. The van der Waals surface area contributed by atoms with Crippen molar-refractivity contribution in [1.29, 1.82) is 0 Å². The molecular weight excluding hydrogens is 317 g/mol. The number of aryl methyl sites for hydroxylation is 1. The van der Waals surface area contributed by atoms with Gasteiger partial charge < -0.3 is 4.74 Å². The molecule has 7 heteroatoms. The van der Waals surface area contributed by atoms with Crippen molar-refractivity contribution in [2.75, 3.05) is 6.61 Å². The number of esters is 1. The van der Waals surface area contributed by atoms with E-state index >= 15 is 0 Å². The van der Waals surface area contributed by atoms with Crippen molar-refractivity contribution in [3.8, 4) is 0 Å². The fraction of sp³-hybridized carbons (Fsp3) is 0.176. The molecule has 0 amide bonds. The van der Waals surface area contributed by atoms with Crippen LogP contribution in [-0.2, 0) is 16.0 Å². The molecule has 0 aliphatic heterocycles. The van der Waals surface area contributed by atoms with E-state index in [0.29, 0.717) is 11.1 Å². The number of ether oxygens (including phenoxy) is 1. The Morgan fingerprint density at radius 3 is 2.62 bits per heavy atom. The minimum absolute atomic E-state index is 0.0888. The SMILES string of the molecule is Cc1ccc(C(=O)COC(=O)Cc2cccc(F)c2)cc1[N+](=O)[O-]. The second kappa shape index (κ2) is 7.45. The maximum Gasteiger partial charge on any atom is 0.310 e. The molecule has 0 aliphatic carbocycles. The monoisotopic (exact) mass is 331 g/mol. The predicted molar refractivity (Wildman–Crippen MR) is 83.2 cm³/mol. The van der Waals surface area contributed by atoms with Crippen LogP contribution in [0.5, 0.6) is 0 Å². The molecule has 0 spiro atoms. The topological polar surface area (TPSA) is 86.5 Å². The van der Waals surface area contributed by atoms with Crippen LogP contribution >= 0.6 is 0 Å². The van der Waals surface area contributed by atoms with Gasteiger partial charge in [-0.05, 0) is 24.6 Å². The number of hydrogen-bond donors (Lipinski definition) is 0. The Bertz CT molecular complexity index is 803. The summed E-state index contributed by atoms with van der Waals surface area (Å²) >= 11 is 0. The molecule has 2 aromatic rings. The van der Waals surface area contributed by atoms with Crippen LogP contribution in [0.4, 0.5) is 10.1 Å². The van der Waals surface area contributed by atoms with E-state index in [0.717, 1.165) is 6.07 Å². The zero-order valence-corrected chi connectivity index (χ0v) is 12.8. The van der Waals surface area contributed by atoms with E-state index in [2.05, 4.69) is 0 Å². The summed E-state index contributed by atoms with van der Waals surface area (Å²) < 4.78 is 17.9. The van der Waals surface area contributed by atoms with E-state index in [9.17, 15) is 24.1 Å². The number of carbonyl (C=O) groups excluding carboxylic acids is 2. The molecule has 124 valence electrons. The number of nitro benzene ring substituents is 1. The number of halogens is 1. The van der Waals surface area contributed by atoms with Gasteiger partial charge in [-0.15, -0.1) is 0 Å². The molecule has 0 radical (unpaired) electrons. The Balaban J connectivity index is 1.96. The number of Topliss-reactive ketones (excluding diaryl/α,β-unsaturated/α-hetero) is 1. The molecule has 24 heavy (non-hydrogen) atoms. The quantitative estimate of drug-likeness (QED) is 0.351. The standard InChI is InChI=1S/C17H14FNO5/c1-11-5-6-13(9-15(11)19(22)23)16(20)10-24-17(21)8-12-3-2-4-14(18)7-12/h2-7,9H,8,10H2,1H3. The highest BCUT2D eigenvalue weighted by Crippen LogP contribution is 2.19. The van der Waals surface area contributed by atoms with E-state index in [4.69, 9.17) is 4.74 Å². The van der Waals surface area contributed by atoms with Gasteiger partial charge in [-0.1, -0.05) is 24.3 Å². The summed E-state index contributed by atoms with van der Waals surface area (Å²) in [4.78, 5) is 34.0. The number of hydrogen-bond acceptors (Lipinski definition) is 5. The highest BCUT2D eigenvalue weighted by Gasteiger charge is 2.16. The number of nitrogens with zero attached hydrogens (tertiary/aromatic N) is 1. The summed E-state index contributed by atoms with van der Waals surface area (Å²) in [6.07, 6.45) is -0.168. The van der Waals surface area contributed by atoms with Crippen LogP contribution in [0, 0.1) is 22.9 Å². The minimum Gasteiger partial charge on any atom is -0.457 e. The molecular formula is C17H14FNO5. The highest BCUT2D eigenvalue weighted by molar-refractivity contribution is 5.98. The number of nitro groups is 1. The number of carbonyl (C=O) groups is 2. The lowest BCUT2D eigenvalue weighted by Gasteiger charge is -2.05. The van der Waals surface area contributed by atoms with Crippen LogP contribution < -0.4 is 0 Å². The third-order valence-electron chi connectivity index (χ3n) is 3.33. The third-order valence-corrected chi connectivity index (χ3v) is 3.33. The Kier molecular flexibility index (Phi) is 5.36. The second-order valence-electron chi connectivity index (χ2n) is 5.15. The van der Waals surface area contributed by atoms with Crippen molar-refractivity contribution >= 4 is 17.4 Å². The van der Waals surface area contributed by atoms with Gasteiger partial charge in [-0.2, -0.15) is 0 Å². The van der Waals surface area contributed by atoms with Gasteiger partial charge in [0.1, 0.15) is 5.82 Å². The summed E-state index contributed by atoms with van der Waals surface area (Å²) in [5, 5.41) is 10.9. The zero-order valence-electron chi connectivity index (χ0n) is 12.8. The Labute approximate surface area is 137 Å². The highest BCUT2D eigenvalue weighted by atomic mass is 19.1. The molecule has 6 nitrogen and oxygen atoms in total. The summed E-state index contributed by atoms with van der Waals surface area (Å²) in [6, 6.07) is 9.53. The molecule has 0 N–H and O–H groups in total. The minimum atomic E-state index is -0.685. The van der Waals surface area contributed by atoms with E-state index in [-0.39, 0.29) is 17.7 Å². The molecule has 0 aliphatic rings.